The summed E-state index contributed by atoms with van der Waals surface area (Å²) in [6, 6.07) is 56.0. The van der Waals surface area contributed by atoms with Crippen LogP contribution in [-0.2, 0) is 0 Å². The van der Waals surface area contributed by atoms with Crippen molar-refractivity contribution in [1.29, 1.82) is 0 Å². The maximum atomic E-state index is 4.06. The second kappa shape index (κ2) is 14.9. The molecule has 0 radical (unpaired) electrons. The second-order valence-corrected chi connectivity index (χ2v) is 13.4. The van der Waals surface area contributed by atoms with Crippen LogP contribution in [0.5, 0.6) is 0 Å². The predicted octanol–water partition coefficient (Wildman–Crippen LogP) is 14.9. The van der Waals surface area contributed by atoms with Crippen molar-refractivity contribution in [3.63, 3.8) is 0 Å². The van der Waals surface area contributed by atoms with E-state index in [0.717, 1.165) is 89.4 Å². The van der Waals surface area contributed by atoms with Gasteiger partial charge in [-0.05, 0) is 125 Å². The molecule has 0 aliphatic carbocycles. The van der Waals surface area contributed by atoms with Crippen LogP contribution < -0.4 is 9.80 Å². The molecule has 3 heteroatoms. The topological polar surface area (TPSA) is 11.4 Å². The van der Waals surface area contributed by atoms with Crippen LogP contribution in [0.15, 0.2) is 191 Å². The molecule has 0 saturated carbocycles. The first kappa shape index (κ1) is 34.7. The van der Waals surface area contributed by atoms with E-state index in [1.807, 2.05) is 30.4 Å². The van der Waals surface area contributed by atoms with Crippen molar-refractivity contribution in [3.8, 4) is 5.69 Å². The zero-order valence-corrected chi connectivity index (χ0v) is 30.8. The standard InChI is InChI=1S/C52H41N3/c1-6-37-16-11-21-42(30-37)53(43-22-12-17-38(7-2)31-43)47-26-28-51-49(35-47)50-36-48(27-29-52(50)55(51)46-25-15-20-41(10-5)34-46)54(44-23-13-18-39(8-3)32-44)45-24-14-19-40(9-4)33-45/h6-36H,1-5H2. The van der Waals surface area contributed by atoms with Gasteiger partial charge in [0.15, 0.2) is 0 Å². The van der Waals surface area contributed by atoms with Gasteiger partial charge in [0.1, 0.15) is 0 Å². The Kier molecular flexibility index (Phi) is 9.43. The largest absolute Gasteiger partial charge is 0.310 e. The lowest BCUT2D eigenvalue weighted by atomic mass is 10.1. The third-order valence-electron chi connectivity index (χ3n) is 10.1. The molecule has 0 spiro atoms. The quantitative estimate of drug-likeness (QED) is 0.125. The number of nitrogens with zero attached hydrogens (tertiary/aromatic N) is 3. The summed E-state index contributed by atoms with van der Waals surface area (Å²) in [5.41, 5.74) is 14.8. The predicted molar refractivity (Wildman–Crippen MR) is 241 cm³/mol. The van der Waals surface area contributed by atoms with Gasteiger partial charge in [-0.2, -0.15) is 0 Å². The first-order valence-electron chi connectivity index (χ1n) is 18.3. The van der Waals surface area contributed by atoms with E-state index < -0.39 is 0 Å². The molecular weight excluding hydrogens is 667 g/mol. The van der Waals surface area contributed by atoms with E-state index in [2.05, 4.69) is 205 Å². The van der Waals surface area contributed by atoms with Crippen LogP contribution in [0, 0.1) is 0 Å². The van der Waals surface area contributed by atoms with Gasteiger partial charge < -0.3 is 14.4 Å². The van der Waals surface area contributed by atoms with E-state index in [9.17, 15) is 0 Å². The Balaban J connectivity index is 1.42. The Bertz CT molecular complexity index is 2510. The highest BCUT2D eigenvalue weighted by molar-refractivity contribution is 6.12. The Morgan fingerprint density at radius 2 is 0.636 bits per heavy atom. The van der Waals surface area contributed by atoms with Gasteiger partial charge in [0, 0.05) is 50.6 Å². The van der Waals surface area contributed by atoms with Crippen LogP contribution in [0.3, 0.4) is 0 Å². The third kappa shape index (κ3) is 6.60. The fraction of sp³-hybridized carbons (Fsp3) is 0. The Hall–Kier alpha value is -7.36. The molecule has 0 fully saturated rings. The normalized spacial score (nSPS) is 10.9. The third-order valence-corrected chi connectivity index (χ3v) is 10.1. The molecule has 3 nitrogen and oxygen atoms in total. The monoisotopic (exact) mass is 707 g/mol. The van der Waals surface area contributed by atoms with Crippen LogP contribution in [0.2, 0.25) is 0 Å². The highest BCUT2D eigenvalue weighted by Crippen LogP contribution is 2.43. The molecule has 1 heterocycles. The first-order chi connectivity index (χ1) is 27.0. The lowest BCUT2D eigenvalue weighted by Crippen LogP contribution is -2.10. The number of rotatable bonds is 12. The number of fused-ring (bicyclic) bond motifs is 3. The highest BCUT2D eigenvalue weighted by atomic mass is 15.1. The van der Waals surface area contributed by atoms with Crippen LogP contribution in [0.1, 0.15) is 27.8 Å². The van der Waals surface area contributed by atoms with Crippen molar-refractivity contribution in [2.45, 2.75) is 0 Å². The molecule has 1 aromatic heterocycles. The van der Waals surface area contributed by atoms with Gasteiger partial charge in [-0.25, -0.2) is 0 Å². The minimum absolute atomic E-state index is 1.04. The number of hydrogen-bond donors (Lipinski definition) is 0. The Labute approximate surface area is 323 Å². The summed E-state index contributed by atoms with van der Waals surface area (Å²) >= 11 is 0. The molecule has 0 atom stereocenters. The van der Waals surface area contributed by atoms with Gasteiger partial charge >= 0.3 is 0 Å². The molecule has 8 aromatic rings. The number of anilines is 6. The van der Waals surface area contributed by atoms with Crippen molar-refractivity contribution in [2.24, 2.45) is 0 Å². The van der Waals surface area contributed by atoms with Crippen LogP contribution in [0.25, 0.3) is 57.9 Å². The van der Waals surface area contributed by atoms with Crippen LogP contribution >= 0.6 is 0 Å². The maximum absolute atomic E-state index is 4.06. The zero-order chi connectivity index (χ0) is 37.9. The molecule has 8 rings (SSSR count). The number of aromatic nitrogens is 1. The number of benzene rings is 7. The molecule has 0 saturated heterocycles. The van der Waals surface area contributed by atoms with E-state index in [-0.39, 0.29) is 0 Å². The summed E-state index contributed by atoms with van der Waals surface area (Å²) in [4.78, 5) is 4.61. The van der Waals surface area contributed by atoms with E-state index in [4.69, 9.17) is 0 Å². The molecule has 0 aliphatic rings. The van der Waals surface area contributed by atoms with Gasteiger partial charge in [0.25, 0.3) is 0 Å². The summed E-state index contributed by atoms with van der Waals surface area (Å²) in [7, 11) is 0. The fourth-order valence-electron chi connectivity index (χ4n) is 7.40. The smallest absolute Gasteiger partial charge is 0.0542 e. The van der Waals surface area contributed by atoms with E-state index in [0.29, 0.717) is 0 Å². The molecule has 0 aliphatic heterocycles. The lowest BCUT2D eigenvalue weighted by molar-refractivity contribution is 1.18. The van der Waals surface area contributed by atoms with Crippen molar-refractivity contribution in [1.82, 2.24) is 4.57 Å². The molecule has 7 aromatic carbocycles. The van der Waals surface area contributed by atoms with E-state index >= 15 is 0 Å². The average Bonchev–Trinajstić information content (AvgIpc) is 3.57. The average molecular weight is 708 g/mol. The molecule has 0 bridgehead atoms. The minimum atomic E-state index is 1.04. The molecule has 0 amide bonds. The fourth-order valence-corrected chi connectivity index (χ4v) is 7.40. The van der Waals surface area contributed by atoms with Gasteiger partial charge in [-0.15, -0.1) is 0 Å². The van der Waals surface area contributed by atoms with Crippen molar-refractivity contribution in [2.75, 3.05) is 9.80 Å². The van der Waals surface area contributed by atoms with Gasteiger partial charge in [-0.3, -0.25) is 0 Å². The molecule has 0 N–H and O–H groups in total. The number of hydrogen-bond acceptors (Lipinski definition) is 2. The van der Waals surface area contributed by atoms with Gasteiger partial charge in [-0.1, -0.05) is 124 Å². The minimum Gasteiger partial charge on any atom is -0.310 e. The van der Waals surface area contributed by atoms with E-state index in [1.54, 1.807) is 0 Å². The lowest BCUT2D eigenvalue weighted by Gasteiger charge is -2.27. The van der Waals surface area contributed by atoms with E-state index in [1.165, 1.54) is 0 Å². The highest BCUT2D eigenvalue weighted by Gasteiger charge is 2.20. The van der Waals surface area contributed by atoms with Crippen molar-refractivity contribution < 1.29 is 0 Å². The maximum Gasteiger partial charge on any atom is 0.0542 e. The summed E-state index contributed by atoms with van der Waals surface area (Å²) in [6.07, 6.45) is 9.45. The van der Waals surface area contributed by atoms with Gasteiger partial charge in [0.2, 0.25) is 0 Å². The SMILES string of the molecule is C=Cc1cccc(N(c2cccc(C=C)c2)c2ccc3c(c2)c2cc(N(c4cccc(C=C)c4)c4cccc(C=C)c4)ccc2n3-c2cccc(C=C)c2)c1. The summed E-state index contributed by atoms with van der Waals surface area (Å²) in [5, 5.41) is 2.26. The molecular formula is C52H41N3. The molecule has 264 valence electrons. The Morgan fingerprint density at radius 1 is 0.327 bits per heavy atom. The van der Waals surface area contributed by atoms with Gasteiger partial charge in [0.05, 0.1) is 11.0 Å². The second-order valence-electron chi connectivity index (χ2n) is 13.4. The summed E-state index contributed by atoms with van der Waals surface area (Å²) < 4.78 is 2.35. The first-order valence-corrected chi connectivity index (χ1v) is 18.3. The van der Waals surface area contributed by atoms with Crippen LogP contribution in [0.4, 0.5) is 34.1 Å². The molecule has 0 unspecified atom stereocenters. The van der Waals surface area contributed by atoms with Crippen molar-refractivity contribution in [3.05, 3.63) is 218 Å². The zero-order valence-electron chi connectivity index (χ0n) is 30.8. The summed E-state index contributed by atoms with van der Waals surface area (Å²) in [6.45, 7) is 20.3. The summed E-state index contributed by atoms with van der Waals surface area (Å²) in [5.74, 6) is 0. The Morgan fingerprint density at radius 3 is 0.982 bits per heavy atom. The van der Waals surface area contributed by atoms with Crippen molar-refractivity contribution >= 4 is 86.3 Å². The van der Waals surface area contributed by atoms with Crippen LogP contribution in [-0.4, -0.2) is 4.57 Å². The molecule has 55 heavy (non-hydrogen) atoms.